The predicted molar refractivity (Wildman–Crippen MR) is 32.0 cm³/mol. The SMILES string of the molecule is C1=CN(C2CC2)NC1. The summed E-state index contributed by atoms with van der Waals surface area (Å²) in [5, 5.41) is 2.21. The minimum atomic E-state index is 0.828. The van der Waals surface area contributed by atoms with Gasteiger partial charge in [0.1, 0.15) is 0 Å². The maximum absolute atomic E-state index is 3.24. The Hall–Kier alpha value is -0.500. The normalized spacial score (nSPS) is 27.2. The smallest absolute Gasteiger partial charge is 0.0449 e. The minimum absolute atomic E-state index is 0.828. The predicted octanol–water partition coefficient (Wildman–Crippen LogP) is 0.483. The zero-order chi connectivity index (χ0) is 5.40. The number of hydrazine groups is 1. The molecule has 0 amide bonds. The number of nitrogens with one attached hydrogen (secondary N) is 1. The average molecular weight is 110 g/mol. The second-order valence-electron chi connectivity index (χ2n) is 2.39. The molecule has 1 saturated carbocycles. The highest BCUT2D eigenvalue weighted by Crippen LogP contribution is 2.26. The molecule has 0 atom stereocenters. The molecule has 0 bridgehead atoms. The van der Waals surface area contributed by atoms with E-state index in [4.69, 9.17) is 0 Å². The first-order chi connectivity index (χ1) is 3.97. The van der Waals surface area contributed by atoms with Crippen LogP contribution in [-0.2, 0) is 0 Å². The van der Waals surface area contributed by atoms with Crippen LogP contribution >= 0.6 is 0 Å². The third-order valence-corrected chi connectivity index (χ3v) is 1.60. The second-order valence-corrected chi connectivity index (χ2v) is 2.39. The largest absolute Gasteiger partial charge is 0.313 e. The maximum Gasteiger partial charge on any atom is 0.0449 e. The summed E-state index contributed by atoms with van der Waals surface area (Å²) in [5.74, 6) is 0. The molecule has 2 rings (SSSR count). The molecule has 0 saturated heterocycles. The Balaban J connectivity index is 1.95. The topological polar surface area (TPSA) is 15.3 Å². The van der Waals surface area contributed by atoms with Gasteiger partial charge in [0, 0.05) is 18.8 Å². The summed E-state index contributed by atoms with van der Waals surface area (Å²) in [4.78, 5) is 0. The van der Waals surface area contributed by atoms with Gasteiger partial charge in [-0.25, -0.2) is 5.43 Å². The van der Waals surface area contributed by atoms with E-state index >= 15 is 0 Å². The van der Waals surface area contributed by atoms with Gasteiger partial charge in [-0.1, -0.05) is 6.08 Å². The third kappa shape index (κ3) is 0.611. The van der Waals surface area contributed by atoms with Gasteiger partial charge in [-0.3, -0.25) is 0 Å². The highest BCUT2D eigenvalue weighted by atomic mass is 15.5. The molecule has 1 N–H and O–H groups in total. The van der Waals surface area contributed by atoms with Gasteiger partial charge in [-0.15, -0.1) is 0 Å². The quantitative estimate of drug-likeness (QED) is 0.528. The number of nitrogens with zero attached hydrogens (tertiary/aromatic N) is 1. The Bertz CT molecular complexity index is 116. The Labute approximate surface area is 49.1 Å². The molecule has 1 aliphatic carbocycles. The summed E-state index contributed by atoms with van der Waals surface area (Å²) in [6, 6.07) is 0.828. The van der Waals surface area contributed by atoms with E-state index in [1.165, 1.54) is 12.8 Å². The molecule has 0 aromatic heterocycles. The lowest BCUT2D eigenvalue weighted by Crippen LogP contribution is -2.30. The average Bonchev–Trinajstić information content (AvgIpc) is 2.49. The number of hydrogen-bond donors (Lipinski definition) is 1. The standard InChI is InChI=1S/C6H10N2/c1-4-7-8(5-1)6-2-3-6/h1,5-7H,2-4H2. The lowest BCUT2D eigenvalue weighted by molar-refractivity contribution is 0.296. The van der Waals surface area contributed by atoms with Gasteiger partial charge in [-0.05, 0) is 12.8 Å². The summed E-state index contributed by atoms with van der Waals surface area (Å²) < 4.78 is 0. The van der Waals surface area contributed by atoms with Crippen molar-refractivity contribution >= 4 is 0 Å². The van der Waals surface area contributed by atoms with Gasteiger partial charge < -0.3 is 5.01 Å². The molecule has 44 valence electrons. The molecule has 8 heavy (non-hydrogen) atoms. The van der Waals surface area contributed by atoms with Crippen LogP contribution in [0.15, 0.2) is 12.3 Å². The van der Waals surface area contributed by atoms with Crippen molar-refractivity contribution in [3.05, 3.63) is 12.3 Å². The van der Waals surface area contributed by atoms with Crippen LogP contribution in [0.25, 0.3) is 0 Å². The molecule has 2 aliphatic rings. The van der Waals surface area contributed by atoms with Crippen LogP contribution in [0.5, 0.6) is 0 Å². The first-order valence-corrected chi connectivity index (χ1v) is 3.15. The van der Waals surface area contributed by atoms with Crippen molar-refractivity contribution in [2.75, 3.05) is 6.54 Å². The second kappa shape index (κ2) is 1.49. The summed E-state index contributed by atoms with van der Waals surface area (Å²) in [5.41, 5.74) is 3.24. The van der Waals surface area contributed by atoms with Crippen LogP contribution in [0.3, 0.4) is 0 Å². The number of rotatable bonds is 1. The monoisotopic (exact) mass is 110 g/mol. The molecule has 0 spiro atoms. The van der Waals surface area contributed by atoms with E-state index in [-0.39, 0.29) is 0 Å². The van der Waals surface area contributed by atoms with Crippen LogP contribution in [0.1, 0.15) is 12.8 Å². The zero-order valence-electron chi connectivity index (χ0n) is 4.80. The molecule has 1 fully saturated rings. The Morgan fingerprint density at radius 3 is 2.88 bits per heavy atom. The molecule has 2 heteroatoms. The summed E-state index contributed by atoms with van der Waals surface area (Å²) in [6.07, 6.45) is 7.03. The van der Waals surface area contributed by atoms with Gasteiger partial charge >= 0.3 is 0 Å². The molecule has 0 radical (unpaired) electrons. The fourth-order valence-electron chi connectivity index (χ4n) is 0.981. The molecular weight excluding hydrogens is 100 g/mol. The highest BCUT2D eigenvalue weighted by Gasteiger charge is 2.27. The van der Waals surface area contributed by atoms with E-state index in [1.54, 1.807) is 0 Å². The molecular formula is C6H10N2. The molecule has 0 aromatic rings. The summed E-state index contributed by atoms with van der Waals surface area (Å²) in [6.45, 7) is 1.02. The van der Waals surface area contributed by atoms with Gasteiger partial charge in [0.2, 0.25) is 0 Å². The minimum Gasteiger partial charge on any atom is -0.313 e. The zero-order valence-corrected chi connectivity index (χ0v) is 4.80. The summed E-state index contributed by atoms with van der Waals surface area (Å²) >= 11 is 0. The van der Waals surface area contributed by atoms with Crippen LogP contribution in [-0.4, -0.2) is 17.6 Å². The van der Waals surface area contributed by atoms with E-state index in [0.717, 1.165) is 12.6 Å². The van der Waals surface area contributed by atoms with Crippen molar-refractivity contribution in [2.24, 2.45) is 0 Å². The highest BCUT2D eigenvalue weighted by molar-refractivity contribution is 4.96. The van der Waals surface area contributed by atoms with Crippen molar-refractivity contribution < 1.29 is 0 Å². The summed E-state index contributed by atoms with van der Waals surface area (Å²) in [7, 11) is 0. The Morgan fingerprint density at radius 2 is 2.38 bits per heavy atom. The number of hydrogen-bond acceptors (Lipinski definition) is 2. The van der Waals surface area contributed by atoms with E-state index < -0.39 is 0 Å². The van der Waals surface area contributed by atoms with Crippen LogP contribution in [0, 0.1) is 0 Å². The van der Waals surface area contributed by atoms with Crippen LogP contribution < -0.4 is 5.43 Å². The molecule has 0 unspecified atom stereocenters. The maximum atomic E-state index is 3.24. The van der Waals surface area contributed by atoms with E-state index in [9.17, 15) is 0 Å². The van der Waals surface area contributed by atoms with Gasteiger partial charge in [0.05, 0.1) is 0 Å². The molecule has 1 aliphatic heterocycles. The van der Waals surface area contributed by atoms with E-state index in [1.807, 2.05) is 0 Å². The molecule has 0 aromatic carbocycles. The van der Waals surface area contributed by atoms with E-state index in [2.05, 4.69) is 22.7 Å². The fraction of sp³-hybridized carbons (Fsp3) is 0.667. The Morgan fingerprint density at radius 1 is 1.50 bits per heavy atom. The first-order valence-electron chi connectivity index (χ1n) is 3.15. The third-order valence-electron chi connectivity index (χ3n) is 1.60. The van der Waals surface area contributed by atoms with Crippen molar-refractivity contribution in [3.8, 4) is 0 Å². The van der Waals surface area contributed by atoms with Crippen molar-refractivity contribution in [1.82, 2.24) is 10.4 Å². The van der Waals surface area contributed by atoms with Crippen LogP contribution in [0.2, 0.25) is 0 Å². The molecule has 2 nitrogen and oxygen atoms in total. The van der Waals surface area contributed by atoms with Crippen LogP contribution in [0.4, 0.5) is 0 Å². The lowest BCUT2D eigenvalue weighted by Gasteiger charge is -2.13. The van der Waals surface area contributed by atoms with Gasteiger partial charge in [0.25, 0.3) is 0 Å². The van der Waals surface area contributed by atoms with E-state index in [0.29, 0.717) is 0 Å². The first kappa shape index (κ1) is 4.39. The Kier molecular flexibility index (Phi) is 0.815. The molecule has 1 heterocycles. The van der Waals surface area contributed by atoms with Crippen molar-refractivity contribution in [2.45, 2.75) is 18.9 Å². The van der Waals surface area contributed by atoms with Gasteiger partial charge in [0.15, 0.2) is 0 Å². The van der Waals surface area contributed by atoms with Crippen molar-refractivity contribution in [1.29, 1.82) is 0 Å². The van der Waals surface area contributed by atoms with Crippen molar-refractivity contribution in [3.63, 3.8) is 0 Å². The van der Waals surface area contributed by atoms with Gasteiger partial charge in [-0.2, -0.15) is 0 Å². The lowest BCUT2D eigenvalue weighted by atomic mass is 10.6. The fourth-order valence-corrected chi connectivity index (χ4v) is 0.981.